The molecule has 2 bridgehead atoms. The fourth-order valence-corrected chi connectivity index (χ4v) is 5.08. The van der Waals surface area contributed by atoms with E-state index in [-0.39, 0.29) is 11.9 Å². The van der Waals surface area contributed by atoms with Gasteiger partial charge in [0, 0.05) is 16.6 Å². The first-order chi connectivity index (χ1) is 12.0. The molecule has 2 saturated carbocycles. The molecule has 1 aromatic carbocycles. The molecule has 2 N–H and O–H groups in total. The molecule has 2 fully saturated rings. The summed E-state index contributed by atoms with van der Waals surface area (Å²) in [7, 11) is 0. The fraction of sp³-hybridized carbons (Fsp3) is 0.474. The molecule has 4 nitrogen and oxygen atoms in total. The maximum Gasteiger partial charge on any atom is 0.269 e. The highest BCUT2D eigenvalue weighted by atomic mass is 35.5. The topological polar surface area (TPSA) is 57.8 Å². The molecule has 1 amide bonds. The van der Waals surface area contributed by atoms with Crippen molar-refractivity contribution < 1.29 is 4.79 Å². The van der Waals surface area contributed by atoms with E-state index in [9.17, 15) is 4.79 Å². The number of hydrogen-bond acceptors (Lipinski definition) is 2. The average Bonchev–Trinajstić information content (AvgIpc) is 3.31. The Balaban J connectivity index is 1.45. The van der Waals surface area contributed by atoms with Gasteiger partial charge < -0.3 is 5.32 Å². The predicted molar refractivity (Wildman–Crippen MR) is 99.9 cm³/mol. The summed E-state index contributed by atoms with van der Waals surface area (Å²) in [6.07, 6.45) is 5.28. The van der Waals surface area contributed by atoms with E-state index in [1.54, 1.807) is 24.3 Å². The van der Waals surface area contributed by atoms with Crippen molar-refractivity contribution in [1.29, 1.82) is 0 Å². The summed E-state index contributed by atoms with van der Waals surface area (Å²) >= 11 is 12.2. The second kappa shape index (κ2) is 6.65. The maximum atomic E-state index is 12.6. The number of nitrogens with one attached hydrogen (secondary N) is 2. The number of aromatic amines is 1. The third-order valence-corrected chi connectivity index (χ3v) is 6.37. The second-order valence-electron chi connectivity index (χ2n) is 7.39. The number of H-pyrrole nitrogens is 1. The highest BCUT2D eigenvalue weighted by Gasteiger charge is 2.42. The molecule has 2 aromatic rings. The van der Waals surface area contributed by atoms with Crippen LogP contribution in [0.25, 0.3) is 11.3 Å². The minimum absolute atomic E-state index is 0.112. The standard InChI is InChI=1S/C19H21Cl2N3O/c1-10(15-7-11-2-3-12(15)6-11)22-19(25)18-9-17(23-24-18)14-5-4-13(20)8-16(14)21/h4-5,8-12,15H,2-3,6-7H2,1H3,(H,22,25)(H,23,24). The van der Waals surface area contributed by atoms with E-state index in [2.05, 4.69) is 22.4 Å². The van der Waals surface area contributed by atoms with E-state index in [4.69, 9.17) is 23.2 Å². The van der Waals surface area contributed by atoms with Crippen molar-refractivity contribution >= 4 is 29.1 Å². The predicted octanol–water partition coefficient (Wildman–Crippen LogP) is 4.94. The number of amides is 1. The van der Waals surface area contributed by atoms with E-state index >= 15 is 0 Å². The molecule has 6 heteroatoms. The zero-order valence-corrected chi connectivity index (χ0v) is 15.6. The van der Waals surface area contributed by atoms with Crippen LogP contribution < -0.4 is 5.32 Å². The SMILES string of the molecule is CC(NC(=O)c1cc(-c2ccc(Cl)cc2Cl)n[nH]1)C1CC2CCC1C2. The Labute approximate surface area is 157 Å². The third kappa shape index (κ3) is 3.30. The Hall–Kier alpha value is -1.52. The first-order valence-corrected chi connectivity index (χ1v) is 9.58. The quantitative estimate of drug-likeness (QED) is 0.792. The molecule has 1 heterocycles. The lowest BCUT2D eigenvalue weighted by molar-refractivity contribution is 0.0910. The number of nitrogens with zero attached hydrogens (tertiary/aromatic N) is 1. The van der Waals surface area contributed by atoms with E-state index in [0.29, 0.717) is 27.4 Å². The van der Waals surface area contributed by atoms with E-state index in [1.165, 1.54) is 25.7 Å². The van der Waals surface area contributed by atoms with Crippen LogP contribution in [0.15, 0.2) is 24.3 Å². The van der Waals surface area contributed by atoms with Crippen molar-refractivity contribution in [3.05, 3.63) is 40.0 Å². The number of rotatable bonds is 4. The highest BCUT2D eigenvalue weighted by molar-refractivity contribution is 6.36. The molecule has 2 aliphatic carbocycles. The highest BCUT2D eigenvalue weighted by Crippen LogP contribution is 2.49. The van der Waals surface area contributed by atoms with Crippen LogP contribution in [0.3, 0.4) is 0 Å². The molecule has 4 atom stereocenters. The third-order valence-electron chi connectivity index (χ3n) is 5.82. The van der Waals surface area contributed by atoms with Gasteiger partial charge in [-0.15, -0.1) is 0 Å². The van der Waals surface area contributed by atoms with E-state index in [0.717, 1.165) is 17.4 Å². The van der Waals surface area contributed by atoms with Crippen molar-refractivity contribution in [2.24, 2.45) is 17.8 Å². The Morgan fingerprint density at radius 1 is 1.28 bits per heavy atom. The lowest BCUT2D eigenvalue weighted by Crippen LogP contribution is -2.40. The number of hydrogen-bond donors (Lipinski definition) is 2. The number of halogens is 2. The molecule has 0 spiro atoms. The van der Waals surface area contributed by atoms with E-state index < -0.39 is 0 Å². The maximum absolute atomic E-state index is 12.6. The zero-order valence-electron chi connectivity index (χ0n) is 14.1. The molecule has 0 aliphatic heterocycles. The first-order valence-electron chi connectivity index (χ1n) is 8.83. The van der Waals surface area contributed by atoms with Crippen LogP contribution in [0.1, 0.15) is 43.1 Å². The van der Waals surface area contributed by atoms with Gasteiger partial charge in [-0.25, -0.2) is 0 Å². The normalized spacial score (nSPS) is 26.0. The van der Waals surface area contributed by atoms with Crippen LogP contribution >= 0.6 is 23.2 Å². The van der Waals surface area contributed by atoms with Gasteiger partial charge in [-0.05, 0) is 68.2 Å². The summed E-state index contributed by atoms with van der Waals surface area (Å²) in [5.74, 6) is 2.15. The number of carbonyl (C=O) groups is 1. The molecular weight excluding hydrogens is 357 g/mol. The molecule has 4 rings (SSSR count). The van der Waals surface area contributed by atoms with Crippen molar-refractivity contribution in [1.82, 2.24) is 15.5 Å². The lowest BCUT2D eigenvalue weighted by Gasteiger charge is -2.28. The van der Waals surface area contributed by atoms with Gasteiger partial charge >= 0.3 is 0 Å². The van der Waals surface area contributed by atoms with Gasteiger partial charge in [0.15, 0.2) is 0 Å². The van der Waals surface area contributed by atoms with Crippen molar-refractivity contribution in [2.75, 3.05) is 0 Å². The van der Waals surface area contributed by atoms with Crippen molar-refractivity contribution in [2.45, 2.75) is 38.6 Å². The van der Waals surface area contributed by atoms with Gasteiger partial charge in [-0.1, -0.05) is 29.6 Å². The van der Waals surface area contributed by atoms with Crippen LogP contribution in [0.2, 0.25) is 10.0 Å². The fourth-order valence-electron chi connectivity index (χ4n) is 4.57. The Morgan fingerprint density at radius 3 is 2.80 bits per heavy atom. The largest absolute Gasteiger partial charge is 0.348 e. The Kier molecular flexibility index (Phi) is 4.50. The lowest BCUT2D eigenvalue weighted by atomic mass is 9.84. The van der Waals surface area contributed by atoms with Gasteiger partial charge in [-0.3, -0.25) is 9.89 Å². The smallest absolute Gasteiger partial charge is 0.269 e. The molecule has 4 unspecified atom stereocenters. The molecule has 132 valence electrons. The average molecular weight is 378 g/mol. The van der Waals surface area contributed by atoms with Gasteiger partial charge in [0.05, 0.1) is 10.7 Å². The van der Waals surface area contributed by atoms with Gasteiger partial charge in [0.1, 0.15) is 5.69 Å². The number of fused-ring (bicyclic) bond motifs is 2. The monoisotopic (exact) mass is 377 g/mol. The Bertz CT molecular complexity index is 804. The number of benzene rings is 1. The minimum atomic E-state index is -0.112. The van der Waals surface area contributed by atoms with Crippen LogP contribution in [0.5, 0.6) is 0 Å². The van der Waals surface area contributed by atoms with Crippen LogP contribution in [0, 0.1) is 17.8 Å². The van der Waals surface area contributed by atoms with Gasteiger partial charge in [-0.2, -0.15) is 5.10 Å². The van der Waals surface area contributed by atoms with Crippen molar-refractivity contribution in [3.63, 3.8) is 0 Å². The van der Waals surface area contributed by atoms with Crippen LogP contribution in [-0.2, 0) is 0 Å². The van der Waals surface area contributed by atoms with Gasteiger partial charge in [0.25, 0.3) is 5.91 Å². The first kappa shape index (κ1) is 16.9. The summed E-state index contributed by atoms with van der Waals surface area (Å²) in [5.41, 5.74) is 1.85. The molecule has 0 saturated heterocycles. The molecule has 2 aliphatic rings. The molecule has 1 aromatic heterocycles. The Morgan fingerprint density at radius 2 is 2.12 bits per heavy atom. The summed E-state index contributed by atoms with van der Waals surface area (Å²) in [6, 6.07) is 7.16. The minimum Gasteiger partial charge on any atom is -0.348 e. The van der Waals surface area contributed by atoms with Crippen molar-refractivity contribution in [3.8, 4) is 11.3 Å². The number of carbonyl (C=O) groups excluding carboxylic acids is 1. The molecule has 25 heavy (non-hydrogen) atoms. The number of aromatic nitrogens is 2. The van der Waals surface area contributed by atoms with Crippen LogP contribution in [0.4, 0.5) is 0 Å². The summed E-state index contributed by atoms with van der Waals surface area (Å²) in [6.45, 7) is 2.12. The summed E-state index contributed by atoms with van der Waals surface area (Å²) in [5, 5.41) is 11.3. The van der Waals surface area contributed by atoms with E-state index in [1.807, 2.05) is 0 Å². The summed E-state index contributed by atoms with van der Waals surface area (Å²) in [4.78, 5) is 12.6. The second-order valence-corrected chi connectivity index (χ2v) is 8.24. The van der Waals surface area contributed by atoms with Gasteiger partial charge in [0.2, 0.25) is 0 Å². The summed E-state index contributed by atoms with van der Waals surface area (Å²) < 4.78 is 0. The van der Waals surface area contributed by atoms with Crippen LogP contribution in [-0.4, -0.2) is 22.1 Å². The molecular formula is C19H21Cl2N3O. The molecule has 0 radical (unpaired) electrons. The zero-order chi connectivity index (χ0) is 17.6.